The van der Waals surface area contributed by atoms with Crippen molar-refractivity contribution in [1.82, 2.24) is 0 Å². The van der Waals surface area contributed by atoms with Crippen molar-refractivity contribution in [3.63, 3.8) is 0 Å². The van der Waals surface area contributed by atoms with Crippen molar-refractivity contribution in [2.24, 2.45) is 0 Å². The van der Waals surface area contributed by atoms with Gasteiger partial charge >= 0.3 is 0 Å². The van der Waals surface area contributed by atoms with Crippen LogP contribution in [0, 0.1) is 5.82 Å². The predicted molar refractivity (Wildman–Crippen MR) is 79.5 cm³/mol. The minimum atomic E-state index is -0.454. The molecule has 1 aliphatic carbocycles. The van der Waals surface area contributed by atoms with Gasteiger partial charge in [-0.2, -0.15) is 0 Å². The monoisotopic (exact) mass is 304 g/mol. The van der Waals surface area contributed by atoms with Crippen LogP contribution in [0.3, 0.4) is 0 Å². The van der Waals surface area contributed by atoms with Crippen LogP contribution in [0.4, 0.5) is 4.39 Å². The first-order chi connectivity index (χ1) is 10.1. The zero-order valence-electron chi connectivity index (χ0n) is 11.3. The summed E-state index contributed by atoms with van der Waals surface area (Å²) in [6, 6.07) is 11.4. The first kappa shape index (κ1) is 14.1. The minimum absolute atomic E-state index is 0.0473. The van der Waals surface area contributed by atoms with Crippen LogP contribution in [0.25, 0.3) is 0 Å². The zero-order valence-corrected chi connectivity index (χ0v) is 12.1. The van der Waals surface area contributed by atoms with E-state index in [0.29, 0.717) is 11.7 Å². The molecule has 0 bridgehead atoms. The van der Waals surface area contributed by atoms with E-state index in [2.05, 4.69) is 0 Å². The Morgan fingerprint density at radius 3 is 2.52 bits per heavy atom. The Labute approximate surface area is 127 Å². The molecule has 2 aromatic carbocycles. The van der Waals surface area contributed by atoms with Crippen LogP contribution in [0.15, 0.2) is 42.5 Å². The number of carbonyl (C=O) groups excluding carboxylic acids is 1. The maximum Gasteiger partial charge on any atom is 0.167 e. The molecule has 4 heteroatoms. The van der Waals surface area contributed by atoms with Crippen molar-refractivity contribution in [3.05, 3.63) is 64.4 Å². The molecule has 0 saturated heterocycles. The number of carbonyl (C=O) groups is 1. The molecule has 2 nitrogen and oxygen atoms in total. The molecular weight excluding hydrogens is 291 g/mol. The Morgan fingerprint density at radius 1 is 1.19 bits per heavy atom. The quantitative estimate of drug-likeness (QED) is 0.763. The van der Waals surface area contributed by atoms with E-state index in [4.69, 9.17) is 16.3 Å². The fourth-order valence-corrected chi connectivity index (χ4v) is 2.29. The SMILES string of the molecule is O=C(Cc1c(F)cccc1Cl)c1ccc(OC2CC2)cc1. The van der Waals surface area contributed by atoms with Crippen LogP contribution in [-0.2, 0) is 6.42 Å². The highest BCUT2D eigenvalue weighted by atomic mass is 35.5. The molecule has 1 fully saturated rings. The summed E-state index contributed by atoms with van der Waals surface area (Å²) in [5.41, 5.74) is 0.764. The summed E-state index contributed by atoms with van der Waals surface area (Å²) in [5.74, 6) is 0.141. The number of ether oxygens (including phenoxy) is 1. The fourth-order valence-electron chi connectivity index (χ4n) is 2.06. The summed E-state index contributed by atoms with van der Waals surface area (Å²) in [5, 5.41) is 0.275. The van der Waals surface area contributed by atoms with Crippen LogP contribution < -0.4 is 4.74 Å². The van der Waals surface area contributed by atoms with Gasteiger partial charge in [-0.15, -0.1) is 0 Å². The summed E-state index contributed by atoms with van der Waals surface area (Å²) < 4.78 is 19.3. The topological polar surface area (TPSA) is 26.3 Å². The largest absolute Gasteiger partial charge is 0.490 e. The molecule has 0 radical (unpaired) electrons. The van der Waals surface area contributed by atoms with Crippen molar-refractivity contribution >= 4 is 17.4 Å². The highest BCUT2D eigenvalue weighted by Gasteiger charge is 2.23. The third-order valence-corrected chi connectivity index (χ3v) is 3.76. The highest BCUT2D eigenvalue weighted by Crippen LogP contribution is 2.27. The summed E-state index contributed by atoms with van der Waals surface area (Å²) in [6.07, 6.45) is 2.46. The molecule has 21 heavy (non-hydrogen) atoms. The second kappa shape index (κ2) is 5.86. The van der Waals surface area contributed by atoms with E-state index in [1.165, 1.54) is 12.1 Å². The van der Waals surface area contributed by atoms with E-state index in [1.54, 1.807) is 30.3 Å². The maximum absolute atomic E-state index is 13.7. The molecule has 0 unspecified atom stereocenters. The van der Waals surface area contributed by atoms with Gasteiger partial charge in [0.25, 0.3) is 0 Å². The van der Waals surface area contributed by atoms with Crippen molar-refractivity contribution in [2.45, 2.75) is 25.4 Å². The first-order valence-electron chi connectivity index (χ1n) is 6.86. The van der Waals surface area contributed by atoms with Crippen LogP contribution in [-0.4, -0.2) is 11.9 Å². The van der Waals surface area contributed by atoms with Gasteiger partial charge in [-0.3, -0.25) is 4.79 Å². The third kappa shape index (κ3) is 3.42. The zero-order chi connectivity index (χ0) is 14.8. The van der Waals surface area contributed by atoms with Gasteiger partial charge in [0.1, 0.15) is 11.6 Å². The Morgan fingerprint density at radius 2 is 1.90 bits per heavy atom. The van der Waals surface area contributed by atoms with Crippen LogP contribution >= 0.6 is 11.6 Å². The molecule has 1 aliphatic rings. The van der Waals surface area contributed by atoms with Gasteiger partial charge in [-0.25, -0.2) is 4.39 Å². The van der Waals surface area contributed by atoms with Gasteiger partial charge in [0.05, 0.1) is 6.10 Å². The number of Topliss-reactive ketones (excluding diaryl/α,β-unsaturated/α-hetero) is 1. The van der Waals surface area contributed by atoms with Gasteiger partial charge in [-0.1, -0.05) is 17.7 Å². The summed E-state index contributed by atoms with van der Waals surface area (Å²) in [7, 11) is 0. The van der Waals surface area contributed by atoms with Crippen molar-refractivity contribution in [3.8, 4) is 5.75 Å². The standard InChI is InChI=1S/C17H14ClFO2/c18-15-2-1-3-16(19)14(15)10-17(20)11-4-6-12(7-5-11)21-13-8-9-13/h1-7,13H,8-10H2. The van der Waals surface area contributed by atoms with E-state index < -0.39 is 5.82 Å². The molecule has 1 saturated carbocycles. The van der Waals surface area contributed by atoms with Gasteiger partial charge in [-0.05, 0) is 49.2 Å². The lowest BCUT2D eigenvalue weighted by molar-refractivity contribution is 0.0992. The average Bonchev–Trinajstić information content (AvgIpc) is 3.28. The molecule has 0 aromatic heterocycles. The molecular formula is C17H14ClFO2. The maximum atomic E-state index is 13.7. The van der Waals surface area contributed by atoms with Gasteiger partial charge in [0.2, 0.25) is 0 Å². The van der Waals surface area contributed by atoms with E-state index in [9.17, 15) is 9.18 Å². The van der Waals surface area contributed by atoms with Gasteiger partial charge in [0.15, 0.2) is 5.78 Å². The van der Waals surface area contributed by atoms with Crippen molar-refractivity contribution in [2.75, 3.05) is 0 Å². The van der Waals surface area contributed by atoms with E-state index in [-0.39, 0.29) is 22.8 Å². The molecule has 0 atom stereocenters. The van der Waals surface area contributed by atoms with Crippen molar-refractivity contribution in [1.29, 1.82) is 0 Å². The predicted octanol–water partition coefficient (Wildman–Crippen LogP) is 4.45. The van der Waals surface area contributed by atoms with Crippen LogP contribution in [0.1, 0.15) is 28.8 Å². The molecule has 108 valence electrons. The molecule has 0 heterocycles. The minimum Gasteiger partial charge on any atom is -0.490 e. The van der Waals surface area contributed by atoms with E-state index >= 15 is 0 Å². The van der Waals surface area contributed by atoms with E-state index in [1.807, 2.05) is 0 Å². The van der Waals surface area contributed by atoms with Crippen molar-refractivity contribution < 1.29 is 13.9 Å². The highest BCUT2D eigenvalue weighted by molar-refractivity contribution is 6.31. The molecule has 3 rings (SSSR count). The smallest absolute Gasteiger partial charge is 0.167 e. The number of halogens is 2. The third-order valence-electron chi connectivity index (χ3n) is 3.40. The number of rotatable bonds is 5. The second-order valence-electron chi connectivity index (χ2n) is 5.14. The lowest BCUT2D eigenvalue weighted by Gasteiger charge is -2.07. The second-order valence-corrected chi connectivity index (χ2v) is 5.55. The summed E-state index contributed by atoms with van der Waals surface area (Å²) >= 11 is 5.94. The molecule has 0 aliphatic heterocycles. The Bertz CT molecular complexity index is 643. The molecule has 0 N–H and O–H groups in total. The number of hydrogen-bond acceptors (Lipinski definition) is 2. The Kier molecular flexibility index (Phi) is 3.93. The molecule has 0 amide bonds. The van der Waals surface area contributed by atoms with Crippen LogP contribution in [0.2, 0.25) is 5.02 Å². The summed E-state index contributed by atoms with van der Waals surface area (Å²) in [6.45, 7) is 0. The number of hydrogen-bond donors (Lipinski definition) is 0. The molecule has 2 aromatic rings. The van der Waals surface area contributed by atoms with E-state index in [0.717, 1.165) is 18.6 Å². The first-order valence-corrected chi connectivity index (χ1v) is 7.24. The summed E-state index contributed by atoms with van der Waals surface area (Å²) in [4.78, 5) is 12.2. The Hall–Kier alpha value is -1.87. The van der Waals surface area contributed by atoms with Gasteiger partial charge < -0.3 is 4.74 Å². The Balaban J connectivity index is 1.72. The fraction of sp³-hybridized carbons (Fsp3) is 0.235. The lowest BCUT2D eigenvalue weighted by Crippen LogP contribution is -2.06. The van der Waals surface area contributed by atoms with Crippen LogP contribution in [0.5, 0.6) is 5.75 Å². The average molecular weight is 305 g/mol. The normalized spacial score (nSPS) is 14.0. The van der Waals surface area contributed by atoms with Gasteiger partial charge in [0, 0.05) is 22.6 Å². The molecule has 0 spiro atoms. The lowest BCUT2D eigenvalue weighted by atomic mass is 10.0. The number of ketones is 1. The number of benzene rings is 2.